The topological polar surface area (TPSA) is 0 Å². The highest BCUT2D eigenvalue weighted by Crippen LogP contribution is 2.66. The monoisotopic (exact) mass is 297 g/mol. The van der Waals surface area contributed by atoms with Crippen LogP contribution in [-0.4, -0.2) is 0 Å². The van der Waals surface area contributed by atoms with Crippen molar-refractivity contribution in [1.82, 2.24) is 0 Å². The van der Waals surface area contributed by atoms with E-state index in [0.29, 0.717) is 10.8 Å². The summed E-state index contributed by atoms with van der Waals surface area (Å²) < 4.78 is 0. The maximum absolute atomic E-state index is 3.97. The van der Waals surface area contributed by atoms with Crippen molar-refractivity contribution in [3.63, 3.8) is 0 Å². The van der Waals surface area contributed by atoms with Crippen LogP contribution in [0.5, 0.6) is 0 Å². The lowest BCUT2D eigenvalue weighted by molar-refractivity contribution is -0.0361. The Hall–Kier alpha value is -0.520. The van der Waals surface area contributed by atoms with E-state index in [0.717, 1.165) is 23.7 Å². The van der Waals surface area contributed by atoms with Crippen LogP contribution >= 0.6 is 0 Å². The maximum atomic E-state index is 3.97. The predicted molar refractivity (Wildman–Crippen MR) is 94.3 cm³/mol. The molecule has 0 bridgehead atoms. The summed E-state index contributed by atoms with van der Waals surface area (Å²) in [5.41, 5.74) is 2.96. The first-order chi connectivity index (χ1) is 10.6. The number of fused-ring (bicyclic) bond motifs is 5. The van der Waals surface area contributed by atoms with Crippen LogP contribution in [0.2, 0.25) is 0 Å². The molecule has 6 atom stereocenters. The summed E-state index contributed by atoms with van der Waals surface area (Å²) in [5, 5.41) is 0. The Labute approximate surface area is 137 Å². The Balaban J connectivity index is 1.65. The summed E-state index contributed by atoms with van der Waals surface area (Å²) in [6, 6.07) is 0. The van der Waals surface area contributed by atoms with Gasteiger partial charge in [0, 0.05) is 0 Å². The highest BCUT2D eigenvalue weighted by atomic mass is 14.6. The smallest absolute Gasteiger partial charge is 0.00853 e. The second-order valence-electron chi connectivity index (χ2n) is 9.12. The highest BCUT2D eigenvalue weighted by molar-refractivity contribution is 5.24. The molecular formula is C22H33. The van der Waals surface area contributed by atoms with Crippen LogP contribution in [0.15, 0.2) is 24.3 Å². The standard InChI is InChI=1S/C22H33/c1-4-7-16-10-12-19-18-11-9-17-8-5-6-14-21(17,2)20(18)13-15-22(16,19)3/h4,7,9,16,18-20H,1,5-6,8,10-15H2,2-3H3/t16-,18-,19-,20-,21-,22+/m0/s1. The van der Waals surface area contributed by atoms with Crippen molar-refractivity contribution in [2.24, 2.45) is 34.5 Å². The van der Waals surface area contributed by atoms with E-state index in [2.05, 4.69) is 39.0 Å². The van der Waals surface area contributed by atoms with Crippen molar-refractivity contribution in [3.05, 3.63) is 30.7 Å². The molecular weight excluding hydrogens is 264 g/mol. The van der Waals surface area contributed by atoms with E-state index in [-0.39, 0.29) is 0 Å². The Morgan fingerprint density at radius 1 is 1.09 bits per heavy atom. The van der Waals surface area contributed by atoms with E-state index in [1.54, 1.807) is 0 Å². The van der Waals surface area contributed by atoms with Crippen molar-refractivity contribution in [2.75, 3.05) is 0 Å². The van der Waals surface area contributed by atoms with Gasteiger partial charge in [0.25, 0.3) is 0 Å². The molecule has 3 saturated carbocycles. The molecule has 4 rings (SSSR count). The molecule has 3 fully saturated rings. The van der Waals surface area contributed by atoms with Gasteiger partial charge in [-0.05, 0) is 92.3 Å². The quantitative estimate of drug-likeness (QED) is 0.521. The van der Waals surface area contributed by atoms with Crippen molar-refractivity contribution >= 4 is 0 Å². The average molecular weight is 298 g/mol. The fourth-order valence-corrected chi connectivity index (χ4v) is 7.22. The SMILES string of the molecule is C=C[CH][C@H]1CC[C@H]2[C@@H]3CC=C4CCCC[C@]4(C)[C@H]3CC[C@]12C. The first-order valence-electron chi connectivity index (χ1n) is 9.75. The molecule has 0 heteroatoms. The summed E-state index contributed by atoms with van der Waals surface area (Å²) >= 11 is 0. The molecule has 121 valence electrons. The first kappa shape index (κ1) is 15.0. The third-order valence-corrected chi connectivity index (χ3v) is 8.46. The molecule has 0 amide bonds. The van der Waals surface area contributed by atoms with Gasteiger partial charge in [0.1, 0.15) is 0 Å². The van der Waals surface area contributed by atoms with Gasteiger partial charge in [-0.25, -0.2) is 0 Å². The van der Waals surface area contributed by atoms with Gasteiger partial charge in [0.2, 0.25) is 0 Å². The van der Waals surface area contributed by atoms with E-state index in [4.69, 9.17) is 0 Å². The molecule has 1 radical (unpaired) electrons. The van der Waals surface area contributed by atoms with E-state index < -0.39 is 0 Å². The van der Waals surface area contributed by atoms with Gasteiger partial charge in [0.15, 0.2) is 0 Å². The molecule has 0 aliphatic heterocycles. The molecule has 0 N–H and O–H groups in total. The summed E-state index contributed by atoms with van der Waals surface area (Å²) in [6.07, 6.45) is 20.1. The number of rotatable bonds is 2. The van der Waals surface area contributed by atoms with Gasteiger partial charge in [-0.2, -0.15) is 0 Å². The van der Waals surface area contributed by atoms with E-state index in [1.165, 1.54) is 57.8 Å². The van der Waals surface area contributed by atoms with Gasteiger partial charge >= 0.3 is 0 Å². The molecule has 0 aromatic heterocycles. The Kier molecular flexibility index (Phi) is 3.59. The number of allylic oxidation sites excluding steroid dienone is 3. The summed E-state index contributed by atoms with van der Waals surface area (Å²) in [7, 11) is 0. The number of hydrogen-bond donors (Lipinski definition) is 0. The molecule has 4 aliphatic carbocycles. The van der Waals surface area contributed by atoms with Crippen LogP contribution in [0.4, 0.5) is 0 Å². The normalized spacial score (nSPS) is 50.5. The van der Waals surface area contributed by atoms with Gasteiger partial charge in [-0.1, -0.05) is 38.0 Å². The van der Waals surface area contributed by atoms with Gasteiger partial charge in [0.05, 0.1) is 0 Å². The zero-order valence-corrected chi connectivity index (χ0v) is 14.6. The molecule has 0 nitrogen and oxygen atoms in total. The summed E-state index contributed by atoms with van der Waals surface area (Å²) in [4.78, 5) is 0. The van der Waals surface area contributed by atoms with E-state index in [9.17, 15) is 0 Å². The fraction of sp³-hybridized carbons (Fsp3) is 0.773. The molecule has 0 spiro atoms. The van der Waals surface area contributed by atoms with Crippen LogP contribution in [0.25, 0.3) is 0 Å². The van der Waals surface area contributed by atoms with Crippen LogP contribution < -0.4 is 0 Å². The van der Waals surface area contributed by atoms with E-state index >= 15 is 0 Å². The fourth-order valence-electron chi connectivity index (χ4n) is 7.22. The Morgan fingerprint density at radius 3 is 2.77 bits per heavy atom. The Morgan fingerprint density at radius 2 is 1.95 bits per heavy atom. The molecule has 0 saturated heterocycles. The largest absolute Gasteiger partial charge is 0.103 e. The van der Waals surface area contributed by atoms with Crippen LogP contribution in [0, 0.1) is 40.9 Å². The highest BCUT2D eigenvalue weighted by Gasteiger charge is 2.57. The molecule has 0 heterocycles. The molecule has 0 aromatic carbocycles. The summed E-state index contributed by atoms with van der Waals surface area (Å²) in [5.74, 6) is 3.70. The van der Waals surface area contributed by atoms with Crippen molar-refractivity contribution in [1.29, 1.82) is 0 Å². The second-order valence-corrected chi connectivity index (χ2v) is 9.12. The van der Waals surface area contributed by atoms with Crippen molar-refractivity contribution in [2.45, 2.75) is 71.6 Å². The lowest BCUT2D eigenvalue weighted by atomic mass is 9.47. The van der Waals surface area contributed by atoms with Gasteiger partial charge < -0.3 is 0 Å². The zero-order valence-electron chi connectivity index (χ0n) is 14.6. The minimum atomic E-state index is 0.558. The maximum Gasteiger partial charge on any atom is -0.00853 e. The molecule has 4 aliphatic rings. The number of hydrogen-bond acceptors (Lipinski definition) is 0. The van der Waals surface area contributed by atoms with Crippen molar-refractivity contribution < 1.29 is 0 Å². The lowest BCUT2D eigenvalue weighted by Crippen LogP contribution is -2.49. The van der Waals surface area contributed by atoms with Crippen LogP contribution in [0.3, 0.4) is 0 Å². The van der Waals surface area contributed by atoms with Crippen LogP contribution in [0.1, 0.15) is 71.6 Å². The lowest BCUT2D eigenvalue weighted by Gasteiger charge is -2.57. The van der Waals surface area contributed by atoms with Crippen LogP contribution in [-0.2, 0) is 0 Å². The minimum Gasteiger partial charge on any atom is -0.103 e. The summed E-state index contributed by atoms with van der Waals surface area (Å²) in [6.45, 7) is 9.20. The van der Waals surface area contributed by atoms with E-state index in [1.807, 2.05) is 5.57 Å². The molecule has 22 heavy (non-hydrogen) atoms. The third kappa shape index (κ3) is 1.95. The minimum absolute atomic E-state index is 0.558. The van der Waals surface area contributed by atoms with Gasteiger partial charge in [-0.3, -0.25) is 0 Å². The zero-order chi connectivity index (χ0) is 15.4. The Bertz CT molecular complexity index is 486. The second kappa shape index (κ2) is 5.25. The molecule has 0 aromatic rings. The third-order valence-electron chi connectivity index (χ3n) is 8.46. The average Bonchev–Trinajstić information content (AvgIpc) is 2.84. The predicted octanol–water partition coefficient (Wildman–Crippen LogP) is 6.35. The van der Waals surface area contributed by atoms with Crippen molar-refractivity contribution in [3.8, 4) is 0 Å². The molecule has 0 unspecified atom stereocenters. The first-order valence-corrected chi connectivity index (χ1v) is 9.75. The van der Waals surface area contributed by atoms with Gasteiger partial charge in [-0.15, -0.1) is 6.58 Å².